The molecular weight excluding hydrogens is 372 g/mol. The number of allylic oxidation sites excluding steroid dienone is 2. The average molecular weight is 397 g/mol. The van der Waals surface area contributed by atoms with Crippen LogP contribution in [0.4, 0.5) is 0 Å². The number of carboxylic acid groups (broad SMARTS) is 1. The zero-order valence-corrected chi connectivity index (χ0v) is 17.0. The van der Waals surface area contributed by atoms with Gasteiger partial charge in [0.2, 0.25) is 0 Å². The normalized spacial score (nSPS) is 17.6. The third-order valence-electron chi connectivity index (χ3n) is 3.77. The first-order valence-electron chi connectivity index (χ1n) is 8.54. The van der Waals surface area contributed by atoms with E-state index >= 15 is 0 Å². The predicted molar refractivity (Wildman–Crippen MR) is 103 cm³/mol. The van der Waals surface area contributed by atoms with Crippen LogP contribution in [0, 0.1) is 0 Å². The minimum atomic E-state index is -3.14. The molecule has 1 aromatic rings. The van der Waals surface area contributed by atoms with Gasteiger partial charge in [-0.25, -0.2) is 4.79 Å². The van der Waals surface area contributed by atoms with E-state index in [0.717, 1.165) is 5.20 Å². The van der Waals surface area contributed by atoms with E-state index in [-0.39, 0.29) is 11.3 Å². The van der Waals surface area contributed by atoms with Crippen molar-refractivity contribution in [3.63, 3.8) is 0 Å². The highest BCUT2D eigenvalue weighted by atomic mass is 32.2. The fraction of sp³-hybridized carbons (Fsp3) is 0.389. The van der Waals surface area contributed by atoms with Crippen LogP contribution in [0.2, 0.25) is 0 Å². The van der Waals surface area contributed by atoms with Gasteiger partial charge in [0.15, 0.2) is 0 Å². The summed E-state index contributed by atoms with van der Waals surface area (Å²) in [4.78, 5) is 12.0. The lowest BCUT2D eigenvalue weighted by atomic mass is 10.1. The molecule has 0 saturated heterocycles. The first-order chi connectivity index (χ1) is 12.5. The molecule has 2 rings (SSSR count). The van der Waals surface area contributed by atoms with Gasteiger partial charge in [0, 0.05) is 41.2 Å². The molecule has 0 aliphatic carbocycles. The summed E-state index contributed by atoms with van der Waals surface area (Å²) in [7, 11) is -4.49. The van der Waals surface area contributed by atoms with Crippen molar-refractivity contribution in [2.45, 2.75) is 20.8 Å². The summed E-state index contributed by atoms with van der Waals surface area (Å²) < 4.78 is 30.4. The van der Waals surface area contributed by atoms with Crippen LogP contribution in [0.3, 0.4) is 0 Å². The molecule has 0 bridgehead atoms. The van der Waals surface area contributed by atoms with E-state index in [1.165, 1.54) is 6.07 Å². The summed E-state index contributed by atoms with van der Waals surface area (Å²) in [6.45, 7) is 6.85. The smallest absolute Gasteiger partial charge is 0.478 e. The Bertz CT molecular complexity index is 726. The van der Waals surface area contributed by atoms with Gasteiger partial charge in [-0.05, 0) is 32.9 Å². The molecule has 1 unspecified atom stereocenters. The fourth-order valence-electron chi connectivity index (χ4n) is 2.76. The third-order valence-corrected chi connectivity index (χ3v) is 8.13. The summed E-state index contributed by atoms with van der Waals surface area (Å²) in [5.74, 6) is -0.797. The molecule has 1 aromatic carbocycles. The molecule has 6 nitrogen and oxygen atoms in total. The number of aromatic carboxylic acids is 1. The maximum atomic E-state index is 12.6. The van der Waals surface area contributed by atoms with Gasteiger partial charge in [-0.15, -0.1) is 0 Å². The highest BCUT2D eigenvalue weighted by molar-refractivity contribution is 7.94. The van der Waals surface area contributed by atoms with E-state index < -0.39 is 25.6 Å². The number of hydrogen-bond donors (Lipinski definition) is 1. The van der Waals surface area contributed by atoms with Crippen molar-refractivity contribution in [2.24, 2.45) is 0 Å². The molecule has 1 aliphatic rings. The van der Waals surface area contributed by atoms with Crippen LogP contribution >= 0.6 is 0 Å². The van der Waals surface area contributed by atoms with Gasteiger partial charge in [-0.2, -0.15) is 0 Å². The number of hydrogen-bond acceptors (Lipinski definition) is 5. The number of carbonyl (C=O) groups is 1. The van der Waals surface area contributed by atoms with Crippen molar-refractivity contribution in [1.82, 2.24) is 0 Å². The topological polar surface area (TPSA) is 82.1 Å². The molecule has 1 atom stereocenters. The third kappa shape index (κ3) is 4.39. The molecule has 0 saturated carbocycles. The molecule has 1 heterocycles. The minimum Gasteiger partial charge on any atom is -0.478 e. The molecule has 26 heavy (non-hydrogen) atoms. The quantitative estimate of drug-likeness (QED) is 0.646. The Balaban J connectivity index is 2.55. The van der Waals surface area contributed by atoms with Crippen molar-refractivity contribution in [3.8, 4) is 0 Å². The van der Waals surface area contributed by atoms with Gasteiger partial charge >= 0.3 is 14.8 Å². The van der Waals surface area contributed by atoms with Gasteiger partial charge in [-0.1, -0.05) is 24.3 Å². The Morgan fingerprint density at radius 3 is 2.23 bits per heavy atom. The molecule has 0 fully saturated rings. The van der Waals surface area contributed by atoms with Gasteiger partial charge in [0.1, 0.15) is 0 Å². The van der Waals surface area contributed by atoms with Crippen LogP contribution in [0.5, 0.6) is 0 Å². The maximum absolute atomic E-state index is 12.6. The van der Waals surface area contributed by atoms with E-state index in [9.17, 15) is 14.1 Å². The van der Waals surface area contributed by atoms with E-state index in [0.29, 0.717) is 30.3 Å². The van der Waals surface area contributed by atoms with Crippen molar-refractivity contribution >= 4 is 30.5 Å². The molecule has 0 spiro atoms. The van der Waals surface area contributed by atoms with E-state index in [1.54, 1.807) is 24.3 Å². The van der Waals surface area contributed by atoms with Crippen LogP contribution in [0.1, 0.15) is 36.7 Å². The zero-order valence-electron chi connectivity index (χ0n) is 15.2. The second-order valence-electron chi connectivity index (χ2n) is 5.39. The summed E-state index contributed by atoms with van der Waals surface area (Å²) in [5.41, 5.74) is 0.557. The minimum absolute atomic E-state index is 0.116. The number of rotatable bonds is 9. The van der Waals surface area contributed by atoms with Gasteiger partial charge in [0.05, 0.1) is 16.4 Å². The highest BCUT2D eigenvalue weighted by Gasteiger charge is 2.45. The van der Waals surface area contributed by atoms with Gasteiger partial charge < -0.3 is 18.4 Å². The Labute approximate surface area is 157 Å². The van der Waals surface area contributed by atoms with Gasteiger partial charge in [-0.3, -0.25) is 4.21 Å². The fourth-order valence-corrected chi connectivity index (χ4v) is 6.77. The Hall–Kier alpha value is -1.58. The summed E-state index contributed by atoms with van der Waals surface area (Å²) in [6, 6.07) is 6.55. The van der Waals surface area contributed by atoms with Crippen molar-refractivity contribution < 1.29 is 27.4 Å². The molecule has 0 radical (unpaired) electrons. The summed E-state index contributed by atoms with van der Waals surface area (Å²) >= 11 is 0. The number of carboxylic acids is 1. The molecule has 1 aliphatic heterocycles. The molecule has 142 valence electrons. The molecule has 8 heteroatoms. The Kier molecular flexibility index (Phi) is 7.48. The van der Waals surface area contributed by atoms with Crippen LogP contribution in [0.25, 0.3) is 4.91 Å². The molecule has 0 amide bonds. The van der Waals surface area contributed by atoms with Crippen LogP contribution in [-0.4, -0.2) is 49.7 Å². The Morgan fingerprint density at radius 1 is 1.12 bits per heavy atom. The lowest BCUT2D eigenvalue weighted by Crippen LogP contribution is -2.48. The zero-order chi connectivity index (χ0) is 19.2. The second-order valence-corrected chi connectivity index (χ2v) is 9.41. The summed E-state index contributed by atoms with van der Waals surface area (Å²) in [5, 5.41) is 10.2. The molecule has 0 aromatic heterocycles. The summed E-state index contributed by atoms with van der Waals surface area (Å²) in [6.07, 6.45) is 3.53. The van der Waals surface area contributed by atoms with Crippen LogP contribution in [-0.2, 0) is 24.1 Å². The highest BCUT2D eigenvalue weighted by Crippen LogP contribution is 2.32. The van der Waals surface area contributed by atoms with Crippen LogP contribution < -0.4 is 0 Å². The first-order valence-corrected chi connectivity index (χ1v) is 11.6. The predicted octanol–water partition coefficient (Wildman–Crippen LogP) is 3.00. The van der Waals surface area contributed by atoms with Crippen molar-refractivity contribution in [3.05, 3.63) is 52.7 Å². The first kappa shape index (κ1) is 20.7. The maximum Gasteiger partial charge on any atom is 0.536 e. The lowest BCUT2D eigenvalue weighted by Gasteiger charge is -2.31. The number of benzene rings is 1. The molecule has 1 N–H and O–H groups in total. The van der Waals surface area contributed by atoms with E-state index in [1.807, 2.05) is 26.8 Å². The van der Waals surface area contributed by atoms with E-state index in [2.05, 4.69) is 0 Å². The average Bonchev–Trinajstić information content (AvgIpc) is 2.62. The van der Waals surface area contributed by atoms with Crippen molar-refractivity contribution in [2.75, 3.05) is 25.6 Å². The SMILES string of the molecule is CCO[Si](OCC)(OCC)C1=CCS(=O)C(c2ccccc2C(=O)O)=C1. The van der Waals surface area contributed by atoms with Gasteiger partial charge in [0.25, 0.3) is 0 Å². The largest absolute Gasteiger partial charge is 0.536 e. The monoisotopic (exact) mass is 396 g/mol. The van der Waals surface area contributed by atoms with Crippen molar-refractivity contribution in [1.29, 1.82) is 0 Å². The van der Waals surface area contributed by atoms with Crippen LogP contribution in [0.15, 0.2) is 41.6 Å². The Morgan fingerprint density at radius 2 is 1.69 bits per heavy atom. The lowest BCUT2D eigenvalue weighted by molar-refractivity contribution is 0.0696. The standard InChI is InChI=1S/C18H24O6SSi/c1-4-22-26(23-5-2,24-6-3)14-11-12-25(21)17(13-14)15-9-7-8-10-16(15)18(19)20/h7-11,13H,4-6,12H2,1-3H3,(H,19,20). The second kappa shape index (κ2) is 9.38. The van der Waals surface area contributed by atoms with E-state index in [4.69, 9.17) is 13.3 Å². The molecular formula is C18H24O6SSi.